The molecule has 3 saturated heterocycles. The highest BCUT2D eigenvalue weighted by Crippen LogP contribution is 2.33. The van der Waals surface area contributed by atoms with Crippen LogP contribution in [-0.2, 0) is 4.74 Å². The summed E-state index contributed by atoms with van der Waals surface area (Å²) in [5.74, 6) is -0.972. The minimum absolute atomic E-state index is 0.00936. The second kappa shape index (κ2) is 10.5. The Morgan fingerprint density at radius 1 is 1.10 bits per heavy atom. The highest BCUT2D eigenvalue weighted by molar-refractivity contribution is 5.97. The van der Waals surface area contributed by atoms with Crippen LogP contribution >= 0.6 is 0 Å². The van der Waals surface area contributed by atoms with E-state index < -0.39 is 17.9 Å². The van der Waals surface area contributed by atoms with E-state index in [9.17, 15) is 4.79 Å². The Morgan fingerprint density at radius 2 is 1.93 bits per heavy atom. The van der Waals surface area contributed by atoms with Gasteiger partial charge in [-0.05, 0) is 45.0 Å². The molecule has 0 spiro atoms. The van der Waals surface area contributed by atoms with Gasteiger partial charge >= 0.3 is 0 Å². The second-order valence-electron chi connectivity index (χ2n) is 11.0. The van der Waals surface area contributed by atoms with Crippen molar-refractivity contribution in [1.82, 2.24) is 34.5 Å². The lowest BCUT2D eigenvalue weighted by atomic mass is 9.98. The van der Waals surface area contributed by atoms with Crippen LogP contribution < -0.4 is 4.90 Å². The van der Waals surface area contributed by atoms with Gasteiger partial charge in [0.25, 0.3) is 5.91 Å². The van der Waals surface area contributed by atoms with Gasteiger partial charge in [0.1, 0.15) is 17.4 Å². The summed E-state index contributed by atoms with van der Waals surface area (Å²) >= 11 is 0. The maximum Gasteiger partial charge on any atom is 0.289 e. The van der Waals surface area contributed by atoms with E-state index in [1.54, 1.807) is 6.20 Å². The Balaban J connectivity index is 1.24. The van der Waals surface area contributed by atoms with E-state index in [2.05, 4.69) is 25.0 Å². The number of amides is 1. The van der Waals surface area contributed by atoms with E-state index in [0.29, 0.717) is 50.5 Å². The number of aryl methyl sites for hydroxylation is 1. The number of nitrogens with one attached hydrogen (secondary N) is 1. The van der Waals surface area contributed by atoms with Crippen LogP contribution in [-0.4, -0.2) is 105 Å². The molecular formula is C29H32F2N8O2. The zero-order valence-corrected chi connectivity index (χ0v) is 22.9. The number of H-pyrrole nitrogens is 1. The number of piperidine rings is 1. The van der Waals surface area contributed by atoms with Crippen molar-refractivity contribution < 1.29 is 18.3 Å². The molecule has 2 unspecified atom stereocenters. The average Bonchev–Trinajstić information content (AvgIpc) is 3.61. The molecule has 214 valence electrons. The maximum atomic E-state index is 16.3. The number of aromatic nitrogens is 5. The van der Waals surface area contributed by atoms with Crippen molar-refractivity contribution >= 4 is 22.8 Å². The Hall–Kier alpha value is -3.90. The molecule has 3 aromatic heterocycles. The summed E-state index contributed by atoms with van der Waals surface area (Å²) in [5.41, 5.74) is 3.49. The summed E-state index contributed by atoms with van der Waals surface area (Å²) in [6.07, 6.45) is 2.21. The van der Waals surface area contributed by atoms with Crippen molar-refractivity contribution in [3.63, 3.8) is 0 Å². The van der Waals surface area contributed by atoms with Gasteiger partial charge in [0.2, 0.25) is 0 Å². The molecule has 12 heteroatoms. The predicted molar refractivity (Wildman–Crippen MR) is 150 cm³/mol. The minimum Gasteiger partial charge on any atom is -0.378 e. The van der Waals surface area contributed by atoms with Crippen molar-refractivity contribution in [2.75, 3.05) is 57.4 Å². The Kier molecular flexibility index (Phi) is 6.66. The van der Waals surface area contributed by atoms with E-state index >= 15 is 8.78 Å². The van der Waals surface area contributed by atoms with Crippen LogP contribution in [0, 0.1) is 12.7 Å². The number of alkyl halides is 1. The highest BCUT2D eigenvalue weighted by atomic mass is 19.1. The van der Waals surface area contributed by atoms with Crippen molar-refractivity contribution in [3.05, 3.63) is 53.7 Å². The molecule has 2 atom stereocenters. The van der Waals surface area contributed by atoms with E-state index in [0.717, 1.165) is 30.6 Å². The average molecular weight is 563 g/mol. The lowest BCUT2D eigenvalue weighted by molar-refractivity contribution is 0.00546. The van der Waals surface area contributed by atoms with Crippen molar-refractivity contribution in [2.24, 2.45) is 0 Å². The van der Waals surface area contributed by atoms with Crippen molar-refractivity contribution in [3.8, 4) is 17.1 Å². The van der Waals surface area contributed by atoms with E-state index in [-0.39, 0.29) is 35.6 Å². The number of nitrogens with zero attached hydrogens (tertiary/aromatic N) is 7. The van der Waals surface area contributed by atoms with Crippen LogP contribution in [0.5, 0.6) is 0 Å². The highest BCUT2D eigenvalue weighted by Gasteiger charge is 2.38. The number of ether oxygens (including phenoxy) is 1. The van der Waals surface area contributed by atoms with Crippen molar-refractivity contribution in [1.29, 1.82) is 0 Å². The number of imidazole rings is 1. The number of carbonyl (C=O) groups excluding carboxylic acids is 1. The largest absolute Gasteiger partial charge is 0.378 e. The SMILES string of the molecule is Cc1cccc(-c2ccn(-c3nc4nc(C(=O)N5CCC(N6CCC6)C(F)C5)[nH]c4c(N4CCOCC4)c3F)n2)c1. The van der Waals surface area contributed by atoms with Crippen LogP contribution in [0.25, 0.3) is 28.2 Å². The number of pyridine rings is 1. The van der Waals surface area contributed by atoms with Gasteiger partial charge in [0.15, 0.2) is 23.1 Å². The fraction of sp³-hybridized carbons (Fsp3) is 0.448. The van der Waals surface area contributed by atoms with Crippen LogP contribution in [0.2, 0.25) is 0 Å². The van der Waals surface area contributed by atoms with Gasteiger partial charge in [-0.2, -0.15) is 5.10 Å². The normalized spacial score (nSPS) is 21.8. The zero-order chi connectivity index (χ0) is 28.1. The molecule has 0 aliphatic carbocycles. The summed E-state index contributed by atoms with van der Waals surface area (Å²) in [6.45, 7) is 6.11. The zero-order valence-electron chi connectivity index (χ0n) is 22.9. The van der Waals surface area contributed by atoms with Crippen LogP contribution in [0.4, 0.5) is 14.5 Å². The van der Waals surface area contributed by atoms with Gasteiger partial charge in [-0.25, -0.2) is 23.4 Å². The molecule has 10 nitrogen and oxygen atoms in total. The second-order valence-corrected chi connectivity index (χ2v) is 11.0. The molecule has 41 heavy (non-hydrogen) atoms. The fourth-order valence-electron chi connectivity index (χ4n) is 6.02. The Bertz CT molecular complexity index is 1590. The summed E-state index contributed by atoms with van der Waals surface area (Å²) in [5, 5.41) is 4.61. The van der Waals surface area contributed by atoms with E-state index in [4.69, 9.17) is 4.74 Å². The fourth-order valence-corrected chi connectivity index (χ4v) is 6.02. The van der Waals surface area contributed by atoms with Gasteiger partial charge < -0.3 is 19.5 Å². The van der Waals surface area contributed by atoms with Crippen molar-refractivity contribution in [2.45, 2.75) is 32.0 Å². The third-order valence-corrected chi connectivity index (χ3v) is 8.34. The van der Waals surface area contributed by atoms with Gasteiger partial charge in [-0.1, -0.05) is 23.8 Å². The number of hydrogen-bond donors (Lipinski definition) is 1. The molecule has 0 radical (unpaired) electrons. The monoisotopic (exact) mass is 562 g/mol. The van der Waals surface area contributed by atoms with Gasteiger partial charge in [0.05, 0.1) is 25.5 Å². The molecule has 3 aliphatic rings. The molecule has 1 N–H and O–H groups in total. The number of halogens is 2. The van der Waals surface area contributed by atoms with Crippen LogP contribution in [0.3, 0.4) is 0 Å². The summed E-state index contributed by atoms with van der Waals surface area (Å²) in [6, 6.07) is 9.58. The van der Waals surface area contributed by atoms with Crippen LogP contribution in [0.15, 0.2) is 36.5 Å². The van der Waals surface area contributed by atoms with Gasteiger partial charge in [0, 0.05) is 37.4 Å². The number of carbonyl (C=O) groups is 1. The quantitative estimate of drug-likeness (QED) is 0.399. The summed E-state index contributed by atoms with van der Waals surface area (Å²) < 4.78 is 38.3. The number of benzene rings is 1. The summed E-state index contributed by atoms with van der Waals surface area (Å²) in [7, 11) is 0. The third kappa shape index (κ3) is 4.74. The Labute approximate surface area is 235 Å². The maximum absolute atomic E-state index is 16.3. The first-order chi connectivity index (χ1) is 20.0. The summed E-state index contributed by atoms with van der Waals surface area (Å²) in [4.78, 5) is 31.0. The van der Waals surface area contributed by atoms with E-state index in [1.165, 1.54) is 9.58 Å². The third-order valence-electron chi connectivity index (χ3n) is 8.34. The molecule has 4 aromatic rings. The lowest BCUT2D eigenvalue weighted by Gasteiger charge is -2.44. The minimum atomic E-state index is -1.12. The molecule has 1 amide bonds. The molecule has 3 aliphatic heterocycles. The first-order valence-electron chi connectivity index (χ1n) is 14.2. The standard InChI is InChI=1S/C29H32F2N8O2/c1-18-4-2-5-19(16-18)21-6-11-39(35-21)28-23(31)25(37-12-14-41-15-13-37)24-26(34-28)33-27(32-24)29(40)38-10-7-22(20(30)17-38)36-8-3-9-36/h2,4-6,11,16,20,22H,3,7-10,12-15,17H2,1H3,(H,32,33,34). The molecule has 6 heterocycles. The topological polar surface area (TPSA) is 95.4 Å². The number of aromatic amines is 1. The molecule has 0 saturated carbocycles. The number of rotatable bonds is 5. The molecule has 0 bridgehead atoms. The smallest absolute Gasteiger partial charge is 0.289 e. The molecular weight excluding hydrogens is 530 g/mol. The first-order valence-corrected chi connectivity index (χ1v) is 14.2. The number of anilines is 1. The molecule has 1 aromatic carbocycles. The first kappa shape index (κ1) is 26.0. The molecule has 3 fully saturated rings. The predicted octanol–water partition coefficient (Wildman–Crippen LogP) is 3.35. The Morgan fingerprint density at radius 3 is 2.66 bits per heavy atom. The number of morpholine rings is 1. The van der Waals surface area contributed by atoms with Crippen LogP contribution in [0.1, 0.15) is 29.0 Å². The number of hydrogen-bond acceptors (Lipinski definition) is 7. The van der Waals surface area contributed by atoms with Gasteiger partial charge in [-0.3, -0.25) is 9.69 Å². The number of fused-ring (bicyclic) bond motifs is 1. The van der Waals surface area contributed by atoms with E-state index in [1.807, 2.05) is 42.2 Å². The van der Waals surface area contributed by atoms with Gasteiger partial charge in [-0.15, -0.1) is 0 Å². The lowest BCUT2D eigenvalue weighted by Crippen LogP contribution is -2.57. The molecule has 7 rings (SSSR count). The number of likely N-dealkylation sites (tertiary alicyclic amines) is 2.